The van der Waals surface area contributed by atoms with Gasteiger partial charge in [-0.2, -0.15) is 0 Å². The molecule has 0 nitrogen and oxygen atoms in total. The van der Waals surface area contributed by atoms with E-state index in [0.717, 1.165) is 16.5 Å². The quantitative estimate of drug-likeness (QED) is 0.506. The van der Waals surface area contributed by atoms with Crippen molar-refractivity contribution in [1.29, 1.82) is 0 Å². The van der Waals surface area contributed by atoms with E-state index in [1.54, 1.807) is 6.07 Å². The zero-order valence-electron chi connectivity index (χ0n) is 12.1. The number of benzene rings is 3. The molecule has 0 N–H and O–H groups in total. The van der Waals surface area contributed by atoms with Crippen LogP contribution in [0.3, 0.4) is 0 Å². The number of rotatable bonds is 0. The summed E-state index contributed by atoms with van der Waals surface area (Å²) < 4.78 is 14.5. The maximum absolute atomic E-state index is 14.5. The van der Waals surface area contributed by atoms with Crippen molar-refractivity contribution >= 4 is 10.8 Å². The second kappa shape index (κ2) is 5.42. The van der Waals surface area contributed by atoms with Crippen LogP contribution in [0.25, 0.3) is 10.8 Å². The minimum absolute atomic E-state index is 0.243. The summed E-state index contributed by atoms with van der Waals surface area (Å²) in [6.07, 6.45) is 0. The largest absolute Gasteiger partial charge is 0.205 e. The van der Waals surface area contributed by atoms with Gasteiger partial charge in [0.1, 0.15) is 5.82 Å². The van der Waals surface area contributed by atoms with Crippen molar-refractivity contribution in [2.75, 3.05) is 0 Å². The Balaban J connectivity index is 2.04. The standard InChI is InChI=1S/C20H15F/c1-14-3-6-16(7-4-14)8-9-17-10-11-18-13-15(2)5-12-19(18)20(17)21/h3-7,10-13H,1-2H3. The van der Waals surface area contributed by atoms with Crippen LogP contribution in [-0.4, -0.2) is 0 Å². The fourth-order valence-corrected chi connectivity index (χ4v) is 2.28. The Hall–Kier alpha value is -2.59. The third kappa shape index (κ3) is 2.80. The van der Waals surface area contributed by atoms with Crippen molar-refractivity contribution in [2.45, 2.75) is 13.8 Å². The predicted octanol–water partition coefficient (Wildman–Crippen LogP) is 5.00. The van der Waals surface area contributed by atoms with E-state index in [1.165, 1.54) is 5.56 Å². The molecule has 0 radical (unpaired) electrons. The van der Waals surface area contributed by atoms with Crippen LogP contribution in [0.1, 0.15) is 22.3 Å². The van der Waals surface area contributed by atoms with Gasteiger partial charge in [0, 0.05) is 10.9 Å². The summed E-state index contributed by atoms with van der Waals surface area (Å²) in [5, 5.41) is 1.53. The van der Waals surface area contributed by atoms with Gasteiger partial charge in [0.05, 0.1) is 5.56 Å². The highest BCUT2D eigenvalue weighted by molar-refractivity contribution is 5.85. The lowest BCUT2D eigenvalue weighted by atomic mass is 10.0. The summed E-state index contributed by atoms with van der Waals surface area (Å²) in [6.45, 7) is 4.03. The molecular weight excluding hydrogens is 259 g/mol. The first kappa shape index (κ1) is 13.4. The third-order valence-electron chi connectivity index (χ3n) is 3.50. The molecule has 0 heterocycles. The van der Waals surface area contributed by atoms with Crippen LogP contribution in [0.4, 0.5) is 4.39 Å². The molecule has 21 heavy (non-hydrogen) atoms. The Morgan fingerprint density at radius 3 is 2.24 bits per heavy atom. The molecule has 0 saturated heterocycles. The predicted molar refractivity (Wildman–Crippen MR) is 85.8 cm³/mol. The summed E-state index contributed by atoms with van der Waals surface area (Å²) in [5.41, 5.74) is 3.64. The van der Waals surface area contributed by atoms with Crippen LogP contribution in [0.15, 0.2) is 54.6 Å². The molecule has 3 aromatic carbocycles. The van der Waals surface area contributed by atoms with Crippen molar-refractivity contribution in [3.05, 3.63) is 82.7 Å². The van der Waals surface area contributed by atoms with Crippen LogP contribution >= 0.6 is 0 Å². The summed E-state index contributed by atoms with van der Waals surface area (Å²) in [7, 11) is 0. The van der Waals surface area contributed by atoms with E-state index in [-0.39, 0.29) is 5.82 Å². The van der Waals surface area contributed by atoms with Gasteiger partial charge >= 0.3 is 0 Å². The molecule has 1 heteroatoms. The van der Waals surface area contributed by atoms with E-state index >= 15 is 0 Å². The average molecular weight is 274 g/mol. The van der Waals surface area contributed by atoms with Gasteiger partial charge in [0.2, 0.25) is 0 Å². The molecule has 3 aromatic rings. The third-order valence-corrected chi connectivity index (χ3v) is 3.50. The second-order valence-electron chi connectivity index (χ2n) is 5.27. The number of hydrogen-bond acceptors (Lipinski definition) is 0. The topological polar surface area (TPSA) is 0 Å². The molecule has 0 aliphatic carbocycles. The lowest BCUT2D eigenvalue weighted by molar-refractivity contribution is 0.636. The fourth-order valence-electron chi connectivity index (χ4n) is 2.28. The molecule has 0 fully saturated rings. The molecule has 0 aliphatic heterocycles. The van der Waals surface area contributed by atoms with Crippen molar-refractivity contribution in [3.63, 3.8) is 0 Å². The van der Waals surface area contributed by atoms with E-state index in [9.17, 15) is 4.39 Å². The van der Waals surface area contributed by atoms with Crippen molar-refractivity contribution in [3.8, 4) is 11.8 Å². The molecule has 0 unspecified atom stereocenters. The minimum Gasteiger partial charge on any atom is -0.205 e. The van der Waals surface area contributed by atoms with Crippen molar-refractivity contribution in [2.24, 2.45) is 0 Å². The first-order valence-electron chi connectivity index (χ1n) is 6.91. The zero-order valence-corrected chi connectivity index (χ0v) is 12.1. The lowest BCUT2D eigenvalue weighted by Crippen LogP contribution is -1.87. The van der Waals surface area contributed by atoms with Gasteiger partial charge in [-0.05, 0) is 37.4 Å². The van der Waals surface area contributed by atoms with Gasteiger partial charge < -0.3 is 0 Å². The normalized spacial score (nSPS) is 10.2. The number of hydrogen-bond donors (Lipinski definition) is 0. The highest BCUT2D eigenvalue weighted by atomic mass is 19.1. The smallest absolute Gasteiger partial charge is 0.146 e. The highest BCUT2D eigenvalue weighted by Gasteiger charge is 2.05. The monoisotopic (exact) mass is 274 g/mol. The molecule has 0 bridgehead atoms. The molecule has 0 aromatic heterocycles. The van der Waals surface area contributed by atoms with Gasteiger partial charge in [-0.15, -0.1) is 0 Å². The number of fused-ring (bicyclic) bond motifs is 1. The van der Waals surface area contributed by atoms with Gasteiger partial charge in [-0.25, -0.2) is 4.39 Å². The average Bonchev–Trinajstić information content (AvgIpc) is 2.48. The zero-order chi connectivity index (χ0) is 14.8. The van der Waals surface area contributed by atoms with Crippen LogP contribution in [-0.2, 0) is 0 Å². The van der Waals surface area contributed by atoms with E-state index < -0.39 is 0 Å². The maximum atomic E-state index is 14.5. The summed E-state index contributed by atoms with van der Waals surface area (Å²) in [6, 6.07) is 17.3. The molecule has 3 rings (SSSR count). The van der Waals surface area contributed by atoms with Crippen LogP contribution in [0, 0.1) is 31.5 Å². The summed E-state index contributed by atoms with van der Waals surface area (Å²) in [4.78, 5) is 0. The van der Waals surface area contributed by atoms with E-state index in [1.807, 2.05) is 62.4 Å². The minimum atomic E-state index is -0.243. The molecular formula is C20H15F. The first-order valence-corrected chi connectivity index (χ1v) is 6.91. The molecule has 102 valence electrons. The van der Waals surface area contributed by atoms with Gasteiger partial charge in [-0.3, -0.25) is 0 Å². The highest BCUT2D eigenvalue weighted by Crippen LogP contribution is 2.21. The number of halogens is 1. The first-order chi connectivity index (χ1) is 10.1. The Kier molecular flexibility index (Phi) is 3.46. The molecule has 0 spiro atoms. The molecule has 0 atom stereocenters. The second-order valence-corrected chi connectivity index (χ2v) is 5.27. The molecule has 0 aliphatic rings. The van der Waals surface area contributed by atoms with Crippen LogP contribution < -0.4 is 0 Å². The van der Waals surface area contributed by atoms with Gasteiger partial charge in [-0.1, -0.05) is 59.4 Å². The maximum Gasteiger partial charge on any atom is 0.146 e. The van der Waals surface area contributed by atoms with Gasteiger partial charge in [0.25, 0.3) is 0 Å². The Morgan fingerprint density at radius 1 is 0.762 bits per heavy atom. The SMILES string of the molecule is Cc1ccc(C#Cc2ccc3cc(C)ccc3c2F)cc1. The van der Waals surface area contributed by atoms with Crippen molar-refractivity contribution in [1.82, 2.24) is 0 Å². The Morgan fingerprint density at radius 2 is 1.48 bits per heavy atom. The number of aryl methyl sites for hydroxylation is 2. The van der Waals surface area contributed by atoms with Crippen LogP contribution in [0.5, 0.6) is 0 Å². The summed E-state index contributed by atoms with van der Waals surface area (Å²) in [5.74, 6) is 5.70. The van der Waals surface area contributed by atoms with E-state index in [4.69, 9.17) is 0 Å². The molecule has 0 saturated carbocycles. The van der Waals surface area contributed by atoms with Crippen molar-refractivity contribution < 1.29 is 4.39 Å². The molecule has 0 amide bonds. The Bertz CT molecular complexity index is 862. The fraction of sp³-hybridized carbons (Fsp3) is 0.100. The van der Waals surface area contributed by atoms with Gasteiger partial charge in [0.15, 0.2) is 0 Å². The van der Waals surface area contributed by atoms with E-state index in [0.29, 0.717) is 10.9 Å². The lowest BCUT2D eigenvalue weighted by Gasteiger charge is -2.03. The van der Waals surface area contributed by atoms with Crippen LogP contribution in [0.2, 0.25) is 0 Å². The summed E-state index contributed by atoms with van der Waals surface area (Å²) >= 11 is 0. The van der Waals surface area contributed by atoms with E-state index in [2.05, 4.69) is 11.8 Å². The Labute approximate surface area is 124 Å².